The van der Waals surface area contributed by atoms with Crippen LogP contribution in [0.25, 0.3) is 0 Å². The van der Waals surface area contributed by atoms with Crippen LogP contribution < -0.4 is 5.32 Å². The highest BCUT2D eigenvalue weighted by Crippen LogP contribution is 2.44. The molecule has 1 aromatic rings. The van der Waals surface area contributed by atoms with Gasteiger partial charge in [-0.15, -0.1) is 12.4 Å². The van der Waals surface area contributed by atoms with Gasteiger partial charge in [-0.2, -0.15) is 4.31 Å². The average Bonchev–Trinajstić information content (AvgIpc) is 3.11. The van der Waals surface area contributed by atoms with Gasteiger partial charge in [0.05, 0.1) is 5.02 Å². The molecule has 2 bridgehead atoms. The van der Waals surface area contributed by atoms with Crippen molar-refractivity contribution < 1.29 is 8.42 Å². The molecule has 7 heteroatoms. The largest absolute Gasteiger partial charge is 0.311 e. The number of hydrogen-bond acceptors (Lipinski definition) is 3. The van der Waals surface area contributed by atoms with Gasteiger partial charge < -0.3 is 5.32 Å². The predicted octanol–water partition coefficient (Wildman–Crippen LogP) is 2.13. The van der Waals surface area contributed by atoms with E-state index in [4.69, 9.17) is 11.6 Å². The van der Waals surface area contributed by atoms with Crippen molar-refractivity contribution in [2.24, 2.45) is 11.8 Å². The van der Waals surface area contributed by atoms with E-state index in [-0.39, 0.29) is 17.3 Å². The minimum absolute atomic E-state index is 0. The zero-order chi connectivity index (χ0) is 13.9. The monoisotopic (exact) mass is 348 g/mol. The summed E-state index contributed by atoms with van der Waals surface area (Å²) >= 11 is 6.06. The van der Waals surface area contributed by atoms with E-state index in [2.05, 4.69) is 5.32 Å². The molecule has 1 N–H and O–H groups in total. The number of benzene rings is 1. The first-order chi connectivity index (χ1) is 9.57. The van der Waals surface area contributed by atoms with Gasteiger partial charge in [0, 0.05) is 25.2 Å². The Morgan fingerprint density at radius 2 is 1.67 bits per heavy atom. The third kappa shape index (κ3) is 2.30. The van der Waals surface area contributed by atoms with E-state index in [0.29, 0.717) is 42.0 Å². The van der Waals surface area contributed by atoms with Gasteiger partial charge in [-0.3, -0.25) is 0 Å². The molecule has 0 unspecified atom stereocenters. The van der Waals surface area contributed by atoms with E-state index >= 15 is 0 Å². The maximum Gasteiger partial charge on any atom is 0.244 e. The molecule has 4 atom stereocenters. The lowest BCUT2D eigenvalue weighted by Crippen LogP contribution is -2.35. The van der Waals surface area contributed by atoms with E-state index < -0.39 is 10.0 Å². The first kappa shape index (κ1) is 15.6. The molecular formula is C14H18Cl2N2O2S. The van der Waals surface area contributed by atoms with Crippen molar-refractivity contribution >= 4 is 34.0 Å². The Morgan fingerprint density at radius 3 is 2.24 bits per heavy atom. The topological polar surface area (TPSA) is 49.4 Å². The molecule has 1 aromatic carbocycles. The molecule has 21 heavy (non-hydrogen) atoms. The molecule has 3 heterocycles. The second kappa shape index (κ2) is 5.39. The van der Waals surface area contributed by atoms with E-state index in [1.54, 1.807) is 28.6 Å². The summed E-state index contributed by atoms with van der Waals surface area (Å²) in [7, 11) is -3.46. The van der Waals surface area contributed by atoms with Crippen LogP contribution in [0, 0.1) is 11.8 Å². The van der Waals surface area contributed by atoms with Crippen molar-refractivity contribution in [3.05, 3.63) is 29.3 Å². The molecule has 0 radical (unpaired) electrons. The Hall–Kier alpha value is -0.330. The van der Waals surface area contributed by atoms with Gasteiger partial charge in [-0.05, 0) is 36.8 Å². The number of nitrogens with one attached hydrogen (secondary N) is 1. The number of sulfonamides is 1. The van der Waals surface area contributed by atoms with E-state index in [1.807, 2.05) is 0 Å². The average molecular weight is 349 g/mol. The second-order valence-corrected chi connectivity index (χ2v) is 8.35. The summed E-state index contributed by atoms with van der Waals surface area (Å²) in [5.41, 5.74) is 0. The molecule has 4 rings (SSSR count). The molecule has 116 valence electrons. The Labute approximate surface area is 136 Å². The molecular weight excluding hydrogens is 331 g/mol. The SMILES string of the molecule is Cl.O=S(=O)(c1ccccc1Cl)N1C[C@@H]2[C@H](C1)[C@@H]1CC[C@H]2N1. The van der Waals surface area contributed by atoms with Gasteiger partial charge in [0.2, 0.25) is 10.0 Å². The van der Waals surface area contributed by atoms with E-state index in [0.717, 1.165) is 0 Å². The smallest absolute Gasteiger partial charge is 0.244 e. The highest BCUT2D eigenvalue weighted by Gasteiger charge is 2.53. The molecule has 0 spiro atoms. The first-order valence-electron chi connectivity index (χ1n) is 7.08. The summed E-state index contributed by atoms with van der Waals surface area (Å²) in [5.74, 6) is 0.956. The Bertz CT molecular complexity index is 634. The fourth-order valence-electron chi connectivity index (χ4n) is 4.13. The lowest BCUT2D eigenvalue weighted by atomic mass is 9.82. The molecule has 3 aliphatic rings. The van der Waals surface area contributed by atoms with Crippen LogP contribution in [0.15, 0.2) is 29.2 Å². The zero-order valence-electron chi connectivity index (χ0n) is 11.4. The van der Waals surface area contributed by atoms with Gasteiger partial charge in [-0.1, -0.05) is 23.7 Å². The van der Waals surface area contributed by atoms with Gasteiger partial charge >= 0.3 is 0 Å². The van der Waals surface area contributed by atoms with Crippen LogP contribution in [0.3, 0.4) is 0 Å². The molecule has 3 aliphatic heterocycles. The Kier molecular flexibility index (Phi) is 3.99. The lowest BCUT2D eigenvalue weighted by molar-refractivity contribution is 0.354. The van der Waals surface area contributed by atoms with Crippen LogP contribution >= 0.6 is 24.0 Å². The third-order valence-electron chi connectivity index (χ3n) is 5.08. The first-order valence-corrected chi connectivity index (χ1v) is 8.90. The third-order valence-corrected chi connectivity index (χ3v) is 7.42. The molecule has 0 amide bonds. The summed E-state index contributed by atoms with van der Waals surface area (Å²) in [5, 5.41) is 3.92. The summed E-state index contributed by atoms with van der Waals surface area (Å²) < 4.78 is 27.1. The second-order valence-electron chi connectivity index (χ2n) is 6.04. The number of halogens is 2. The van der Waals surface area contributed by atoms with Crippen LogP contribution in [-0.2, 0) is 10.0 Å². The number of nitrogens with zero attached hydrogens (tertiary/aromatic N) is 1. The van der Waals surface area contributed by atoms with Gasteiger partial charge in [0.1, 0.15) is 4.90 Å². The number of hydrogen-bond donors (Lipinski definition) is 1. The van der Waals surface area contributed by atoms with Crippen molar-refractivity contribution in [2.45, 2.75) is 29.8 Å². The Balaban J connectivity index is 0.00000132. The minimum atomic E-state index is -3.46. The summed E-state index contributed by atoms with van der Waals surface area (Å²) in [6, 6.07) is 7.73. The van der Waals surface area contributed by atoms with Crippen LogP contribution in [0.4, 0.5) is 0 Å². The van der Waals surface area contributed by atoms with Crippen LogP contribution in [0.1, 0.15) is 12.8 Å². The highest BCUT2D eigenvalue weighted by molar-refractivity contribution is 7.89. The highest BCUT2D eigenvalue weighted by atomic mass is 35.5. The zero-order valence-corrected chi connectivity index (χ0v) is 13.8. The number of rotatable bonds is 2. The van der Waals surface area contributed by atoms with Crippen molar-refractivity contribution in [1.29, 1.82) is 0 Å². The van der Waals surface area contributed by atoms with Gasteiger partial charge in [0.25, 0.3) is 0 Å². The summed E-state index contributed by atoms with van der Waals surface area (Å²) in [4.78, 5) is 0.238. The van der Waals surface area contributed by atoms with Crippen molar-refractivity contribution in [1.82, 2.24) is 9.62 Å². The molecule has 0 saturated carbocycles. The number of fused-ring (bicyclic) bond motifs is 5. The standard InChI is InChI=1S/C14H17ClN2O2S.ClH/c15-11-3-1-2-4-14(11)20(18,19)17-7-9-10(8-17)13-6-5-12(9)16-13;/h1-4,9-10,12-13,16H,5-8H2;1H/t9-,10+,12-,13+;. The predicted molar refractivity (Wildman–Crippen MR) is 84.4 cm³/mol. The summed E-state index contributed by atoms with van der Waals surface area (Å²) in [6.07, 6.45) is 2.37. The fraction of sp³-hybridized carbons (Fsp3) is 0.571. The molecule has 0 aromatic heterocycles. The quantitative estimate of drug-likeness (QED) is 0.890. The van der Waals surface area contributed by atoms with Gasteiger partial charge in [0.15, 0.2) is 0 Å². The van der Waals surface area contributed by atoms with Crippen LogP contribution in [0.2, 0.25) is 5.02 Å². The maximum absolute atomic E-state index is 12.7. The lowest BCUT2D eigenvalue weighted by Gasteiger charge is -2.20. The molecule has 0 aliphatic carbocycles. The van der Waals surface area contributed by atoms with E-state index in [9.17, 15) is 8.42 Å². The van der Waals surface area contributed by atoms with Crippen molar-refractivity contribution in [3.63, 3.8) is 0 Å². The molecule has 3 saturated heterocycles. The maximum atomic E-state index is 12.7. The molecule has 3 fully saturated rings. The Morgan fingerprint density at radius 1 is 1.10 bits per heavy atom. The van der Waals surface area contributed by atoms with Crippen LogP contribution in [0.5, 0.6) is 0 Å². The summed E-state index contributed by atoms with van der Waals surface area (Å²) in [6.45, 7) is 1.26. The van der Waals surface area contributed by atoms with Crippen molar-refractivity contribution in [3.8, 4) is 0 Å². The molecule has 4 nitrogen and oxygen atoms in total. The van der Waals surface area contributed by atoms with E-state index in [1.165, 1.54) is 12.8 Å². The fourth-order valence-corrected chi connectivity index (χ4v) is 6.14. The normalized spacial score (nSPS) is 34.7. The van der Waals surface area contributed by atoms with Gasteiger partial charge in [-0.25, -0.2) is 8.42 Å². The van der Waals surface area contributed by atoms with Crippen LogP contribution in [-0.4, -0.2) is 37.9 Å². The minimum Gasteiger partial charge on any atom is -0.311 e. The van der Waals surface area contributed by atoms with Crippen molar-refractivity contribution in [2.75, 3.05) is 13.1 Å².